The van der Waals surface area contributed by atoms with Gasteiger partial charge in [0.2, 0.25) is 0 Å². The van der Waals surface area contributed by atoms with Crippen molar-refractivity contribution in [2.75, 3.05) is 13.2 Å². The predicted molar refractivity (Wildman–Crippen MR) is 64.0 cm³/mol. The number of ether oxygens (including phenoxy) is 2. The van der Waals surface area contributed by atoms with E-state index >= 15 is 0 Å². The molecule has 0 amide bonds. The van der Waals surface area contributed by atoms with Gasteiger partial charge in [-0.1, -0.05) is 27.7 Å². The Labute approximate surface area is 107 Å². The van der Waals surface area contributed by atoms with E-state index in [1.54, 1.807) is 6.92 Å². The van der Waals surface area contributed by atoms with Gasteiger partial charge >= 0.3 is 14.0 Å². The Morgan fingerprint density at radius 1 is 1.28 bits per heavy atom. The number of carbonyl (C=O) groups is 1. The number of rotatable bonds is 6. The van der Waals surface area contributed by atoms with Gasteiger partial charge in [-0.25, -0.2) is 9.36 Å². The Bertz CT molecular complexity index is 304. The van der Waals surface area contributed by atoms with Crippen molar-refractivity contribution in [3.8, 4) is 0 Å². The molecule has 0 aliphatic carbocycles. The minimum Gasteiger partial charge on any atom is -0.434 e. The number of phosphoric ester groups is 1. The summed E-state index contributed by atoms with van der Waals surface area (Å²) in [7, 11) is -4.57. The molecule has 0 rings (SSSR count). The lowest BCUT2D eigenvalue weighted by molar-refractivity contribution is 0.00439. The summed E-state index contributed by atoms with van der Waals surface area (Å²) in [5, 5.41) is 0. The lowest BCUT2D eigenvalue weighted by atomic mass is 9.99. The first-order chi connectivity index (χ1) is 8.03. The average molecular weight is 284 g/mol. The summed E-state index contributed by atoms with van der Waals surface area (Å²) in [5.41, 5.74) is -0.175. The van der Waals surface area contributed by atoms with Gasteiger partial charge in [-0.05, 0) is 11.8 Å². The molecular weight excluding hydrogens is 263 g/mol. The first-order valence-electron chi connectivity index (χ1n) is 5.57. The predicted octanol–water partition coefficient (Wildman–Crippen LogP) is 2.07. The molecule has 1 atom stereocenters. The van der Waals surface area contributed by atoms with E-state index in [9.17, 15) is 9.36 Å². The van der Waals surface area contributed by atoms with E-state index in [0.29, 0.717) is 6.42 Å². The molecule has 0 aliphatic heterocycles. The smallest absolute Gasteiger partial charge is 0.434 e. The Kier molecular flexibility index (Phi) is 6.84. The molecule has 108 valence electrons. The van der Waals surface area contributed by atoms with Crippen molar-refractivity contribution in [3.05, 3.63) is 0 Å². The Hall–Kier alpha value is -0.620. The number of carbonyl (C=O) groups excluding carboxylic acids is 1. The molecule has 7 nitrogen and oxygen atoms in total. The molecule has 0 fully saturated rings. The fraction of sp³-hybridized carbons (Fsp3) is 0.900. The standard InChI is InChI=1S/C10H21O7P/c1-5-8(17-18(12,13)14)6-15-9(11)16-7-10(2,3)4/h8H,5-7H2,1-4H3,(H2,12,13,14)/t8-/m1/s1. The summed E-state index contributed by atoms with van der Waals surface area (Å²) < 4.78 is 24.5. The highest BCUT2D eigenvalue weighted by atomic mass is 31.2. The van der Waals surface area contributed by atoms with Crippen molar-refractivity contribution in [1.29, 1.82) is 0 Å². The first-order valence-corrected chi connectivity index (χ1v) is 7.10. The molecule has 0 aromatic carbocycles. The van der Waals surface area contributed by atoms with Crippen LogP contribution >= 0.6 is 7.82 Å². The Morgan fingerprint density at radius 3 is 2.22 bits per heavy atom. The van der Waals surface area contributed by atoms with Gasteiger partial charge in [-0.15, -0.1) is 0 Å². The first kappa shape index (κ1) is 17.4. The van der Waals surface area contributed by atoms with Crippen LogP contribution in [0.3, 0.4) is 0 Å². The van der Waals surface area contributed by atoms with Gasteiger partial charge in [0, 0.05) is 0 Å². The summed E-state index contributed by atoms with van der Waals surface area (Å²) in [6, 6.07) is 0. The van der Waals surface area contributed by atoms with Gasteiger partial charge < -0.3 is 19.3 Å². The SMILES string of the molecule is CC[C@H](COC(=O)OCC(C)(C)C)OP(=O)(O)O. The zero-order valence-corrected chi connectivity index (χ0v) is 12.0. The molecule has 0 aromatic heterocycles. The van der Waals surface area contributed by atoms with Crippen molar-refractivity contribution in [1.82, 2.24) is 0 Å². The minimum atomic E-state index is -4.57. The van der Waals surface area contributed by atoms with Gasteiger partial charge in [0.05, 0.1) is 6.61 Å². The molecular formula is C10H21O7P. The van der Waals surface area contributed by atoms with Crippen LogP contribution in [0.2, 0.25) is 0 Å². The maximum absolute atomic E-state index is 11.2. The van der Waals surface area contributed by atoms with E-state index < -0.39 is 20.1 Å². The van der Waals surface area contributed by atoms with E-state index in [2.05, 4.69) is 4.52 Å². The lowest BCUT2D eigenvalue weighted by Gasteiger charge is -2.19. The molecule has 2 N–H and O–H groups in total. The second-order valence-electron chi connectivity index (χ2n) is 5.04. The van der Waals surface area contributed by atoms with E-state index in [0.717, 1.165) is 0 Å². The highest BCUT2D eigenvalue weighted by Gasteiger charge is 2.23. The van der Waals surface area contributed by atoms with E-state index in [1.165, 1.54) is 0 Å². The van der Waals surface area contributed by atoms with Gasteiger partial charge in [-0.3, -0.25) is 4.52 Å². The molecule has 0 bridgehead atoms. The maximum atomic E-state index is 11.2. The average Bonchev–Trinajstić information content (AvgIpc) is 2.18. The molecule has 0 aromatic rings. The number of hydrogen-bond acceptors (Lipinski definition) is 5. The van der Waals surface area contributed by atoms with Crippen LogP contribution in [-0.2, 0) is 18.6 Å². The molecule has 0 heterocycles. The molecule has 0 aliphatic rings. The molecule has 0 spiro atoms. The van der Waals surface area contributed by atoms with Crippen LogP contribution in [-0.4, -0.2) is 35.3 Å². The minimum absolute atomic E-state index is 0.175. The van der Waals surface area contributed by atoms with Crippen LogP contribution in [0.25, 0.3) is 0 Å². The zero-order valence-electron chi connectivity index (χ0n) is 11.1. The topological polar surface area (TPSA) is 102 Å². The van der Waals surface area contributed by atoms with E-state index in [-0.39, 0.29) is 18.6 Å². The van der Waals surface area contributed by atoms with Crippen molar-refractivity contribution >= 4 is 14.0 Å². The molecule has 0 saturated carbocycles. The van der Waals surface area contributed by atoms with Crippen LogP contribution in [0.15, 0.2) is 0 Å². The molecule has 18 heavy (non-hydrogen) atoms. The third-order valence-electron chi connectivity index (χ3n) is 1.75. The molecule has 0 saturated heterocycles. The summed E-state index contributed by atoms with van der Waals surface area (Å²) in [4.78, 5) is 28.4. The van der Waals surface area contributed by atoms with Crippen LogP contribution < -0.4 is 0 Å². The molecule has 0 radical (unpaired) electrons. The van der Waals surface area contributed by atoms with E-state index in [4.69, 9.17) is 19.3 Å². The normalized spacial score (nSPS) is 14.1. The van der Waals surface area contributed by atoms with Gasteiger partial charge in [0.25, 0.3) is 0 Å². The largest absolute Gasteiger partial charge is 0.508 e. The quantitative estimate of drug-likeness (QED) is 0.568. The third-order valence-corrected chi connectivity index (χ3v) is 2.32. The lowest BCUT2D eigenvalue weighted by Crippen LogP contribution is -2.23. The fourth-order valence-corrected chi connectivity index (χ4v) is 1.49. The highest BCUT2D eigenvalue weighted by molar-refractivity contribution is 7.46. The molecule has 8 heteroatoms. The maximum Gasteiger partial charge on any atom is 0.508 e. The van der Waals surface area contributed by atoms with Crippen molar-refractivity contribution in [3.63, 3.8) is 0 Å². The summed E-state index contributed by atoms with van der Waals surface area (Å²) in [6.45, 7) is 7.28. The number of hydrogen-bond donors (Lipinski definition) is 2. The van der Waals surface area contributed by atoms with Crippen molar-refractivity contribution < 1.29 is 33.1 Å². The second kappa shape index (κ2) is 7.09. The summed E-state index contributed by atoms with van der Waals surface area (Å²) in [5.74, 6) is 0. The van der Waals surface area contributed by atoms with Crippen molar-refractivity contribution in [2.45, 2.75) is 40.2 Å². The third kappa shape index (κ3) is 10.5. The Balaban J connectivity index is 3.99. The van der Waals surface area contributed by atoms with Gasteiger partial charge in [0.1, 0.15) is 12.7 Å². The molecule has 0 unspecified atom stereocenters. The fourth-order valence-electron chi connectivity index (χ4n) is 0.895. The monoisotopic (exact) mass is 284 g/mol. The summed E-state index contributed by atoms with van der Waals surface area (Å²) >= 11 is 0. The van der Waals surface area contributed by atoms with Crippen LogP contribution in [0.4, 0.5) is 4.79 Å². The van der Waals surface area contributed by atoms with Crippen molar-refractivity contribution in [2.24, 2.45) is 5.41 Å². The van der Waals surface area contributed by atoms with Gasteiger partial charge in [-0.2, -0.15) is 0 Å². The van der Waals surface area contributed by atoms with Gasteiger partial charge in [0.15, 0.2) is 0 Å². The zero-order chi connectivity index (χ0) is 14.4. The van der Waals surface area contributed by atoms with Crippen LogP contribution in [0.1, 0.15) is 34.1 Å². The Morgan fingerprint density at radius 2 is 1.83 bits per heavy atom. The number of phosphoric acid groups is 1. The van der Waals surface area contributed by atoms with Crippen LogP contribution in [0.5, 0.6) is 0 Å². The van der Waals surface area contributed by atoms with E-state index in [1.807, 2.05) is 20.8 Å². The summed E-state index contributed by atoms with van der Waals surface area (Å²) in [6.07, 6.45) is -1.43. The van der Waals surface area contributed by atoms with Crippen LogP contribution in [0, 0.1) is 5.41 Å². The highest BCUT2D eigenvalue weighted by Crippen LogP contribution is 2.38. The second-order valence-corrected chi connectivity index (χ2v) is 6.23.